The van der Waals surface area contributed by atoms with Gasteiger partial charge in [0.2, 0.25) is 6.79 Å². The molecule has 6 heteroatoms. The Morgan fingerprint density at radius 3 is 3.07 bits per heavy atom. The van der Waals surface area contributed by atoms with E-state index in [1.54, 1.807) is 0 Å². The Kier molecular flexibility index (Phi) is 2.55. The van der Waals surface area contributed by atoms with Crippen molar-refractivity contribution in [2.24, 2.45) is 0 Å². The fourth-order valence-corrected chi connectivity index (χ4v) is 1.43. The van der Waals surface area contributed by atoms with E-state index in [4.69, 9.17) is 30.9 Å². The van der Waals surface area contributed by atoms with Gasteiger partial charge in [0, 0.05) is 12.1 Å². The zero-order valence-electron chi connectivity index (χ0n) is 7.53. The van der Waals surface area contributed by atoms with Crippen LogP contribution in [0.25, 0.3) is 0 Å². The summed E-state index contributed by atoms with van der Waals surface area (Å²) in [5, 5.41) is 8.76. The Morgan fingerprint density at radius 2 is 2.33 bits per heavy atom. The number of carboxylic acids is 1. The summed E-state index contributed by atoms with van der Waals surface area (Å²) in [5.74, 6) is 0.206. The third-order valence-electron chi connectivity index (χ3n) is 1.76. The minimum atomic E-state index is -1.05. The summed E-state index contributed by atoms with van der Waals surface area (Å²) < 4.78 is 15.1. The lowest BCUT2D eigenvalue weighted by molar-refractivity contribution is -0.139. The maximum Gasteiger partial charge on any atom is 0.341 e. The molecule has 15 heavy (non-hydrogen) atoms. The highest BCUT2D eigenvalue weighted by atomic mass is 35.5. The molecule has 0 atom stereocenters. The number of hydrogen-bond acceptors (Lipinski definition) is 4. The number of hydrogen-bond donors (Lipinski definition) is 1. The Bertz CT molecular complexity index is 404. The molecule has 5 nitrogen and oxygen atoms in total. The van der Waals surface area contributed by atoms with Crippen molar-refractivity contribution in [2.75, 3.05) is 13.4 Å². The van der Waals surface area contributed by atoms with Gasteiger partial charge < -0.3 is 19.3 Å². The molecule has 1 aromatic carbocycles. The molecule has 1 aliphatic rings. The van der Waals surface area contributed by atoms with Crippen LogP contribution in [0.3, 0.4) is 0 Å². The lowest BCUT2D eigenvalue weighted by Gasteiger charge is -2.05. The molecule has 0 fully saturated rings. The van der Waals surface area contributed by atoms with E-state index >= 15 is 0 Å². The largest absolute Gasteiger partial charge is 0.482 e. The monoisotopic (exact) mass is 230 g/mol. The zero-order valence-corrected chi connectivity index (χ0v) is 8.28. The molecule has 0 radical (unpaired) electrons. The van der Waals surface area contributed by atoms with Crippen LogP contribution in [0.1, 0.15) is 0 Å². The molecular formula is C9H7ClO5. The van der Waals surface area contributed by atoms with E-state index in [2.05, 4.69) is 0 Å². The van der Waals surface area contributed by atoms with Gasteiger partial charge in [0.05, 0.1) is 5.02 Å². The number of rotatable bonds is 3. The first-order chi connectivity index (χ1) is 7.16. The van der Waals surface area contributed by atoms with Gasteiger partial charge >= 0.3 is 5.97 Å². The second-order valence-electron chi connectivity index (χ2n) is 2.82. The lowest BCUT2D eigenvalue weighted by Crippen LogP contribution is -2.09. The van der Waals surface area contributed by atoms with Gasteiger partial charge in [-0.25, -0.2) is 4.79 Å². The van der Waals surface area contributed by atoms with Crippen LogP contribution in [0.2, 0.25) is 5.02 Å². The van der Waals surface area contributed by atoms with Gasteiger partial charge in [-0.15, -0.1) is 0 Å². The molecule has 1 aliphatic heterocycles. The molecule has 0 aliphatic carbocycles. The highest BCUT2D eigenvalue weighted by Gasteiger charge is 2.18. The summed E-state index contributed by atoms with van der Waals surface area (Å²) in [7, 11) is 0. The first-order valence-electron chi connectivity index (χ1n) is 4.10. The Hall–Kier alpha value is -1.62. The topological polar surface area (TPSA) is 65.0 Å². The Balaban J connectivity index is 2.20. The fraction of sp³-hybridized carbons (Fsp3) is 0.222. The third-order valence-corrected chi connectivity index (χ3v) is 2.04. The van der Waals surface area contributed by atoms with E-state index in [-0.39, 0.29) is 6.79 Å². The van der Waals surface area contributed by atoms with Gasteiger partial charge in [0.25, 0.3) is 0 Å². The second kappa shape index (κ2) is 3.86. The number of benzene rings is 1. The molecule has 0 amide bonds. The Morgan fingerprint density at radius 1 is 1.53 bits per heavy atom. The van der Waals surface area contributed by atoms with Crippen LogP contribution in [0.4, 0.5) is 0 Å². The summed E-state index contributed by atoms with van der Waals surface area (Å²) in [5.41, 5.74) is 0. The van der Waals surface area contributed by atoms with Crippen LogP contribution in [0.15, 0.2) is 12.1 Å². The van der Waals surface area contributed by atoms with Crippen molar-refractivity contribution in [3.63, 3.8) is 0 Å². The van der Waals surface area contributed by atoms with E-state index in [0.717, 1.165) is 0 Å². The van der Waals surface area contributed by atoms with Crippen LogP contribution >= 0.6 is 11.6 Å². The van der Waals surface area contributed by atoms with E-state index in [1.165, 1.54) is 12.1 Å². The average Bonchev–Trinajstić information content (AvgIpc) is 2.63. The number of aliphatic carboxylic acids is 1. The van der Waals surface area contributed by atoms with Crippen LogP contribution in [-0.2, 0) is 4.79 Å². The first kappa shape index (κ1) is 9.92. The molecule has 0 bridgehead atoms. The number of carbonyl (C=O) groups is 1. The molecule has 0 saturated heterocycles. The van der Waals surface area contributed by atoms with Gasteiger partial charge in [0.15, 0.2) is 18.1 Å². The molecule has 80 valence electrons. The van der Waals surface area contributed by atoms with E-state index in [1.807, 2.05) is 0 Å². The fourth-order valence-electron chi connectivity index (χ4n) is 1.17. The summed E-state index contributed by atoms with van der Waals surface area (Å²) in [6, 6.07) is 3.02. The first-order valence-corrected chi connectivity index (χ1v) is 4.48. The van der Waals surface area contributed by atoms with Gasteiger partial charge in [-0.3, -0.25) is 0 Å². The van der Waals surface area contributed by atoms with Gasteiger partial charge in [-0.1, -0.05) is 11.6 Å². The van der Waals surface area contributed by atoms with Gasteiger partial charge in [-0.05, 0) is 0 Å². The standard InChI is InChI=1S/C9H7ClO5/c10-6-1-5(13-3-8(11)12)2-7-9(6)15-4-14-7/h1-2H,3-4H2,(H,11,12). The van der Waals surface area contributed by atoms with E-state index < -0.39 is 12.6 Å². The van der Waals surface area contributed by atoms with Crippen LogP contribution < -0.4 is 14.2 Å². The summed E-state index contributed by atoms with van der Waals surface area (Å²) in [6.07, 6.45) is 0. The van der Waals surface area contributed by atoms with E-state index in [0.29, 0.717) is 22.3 Å². The van der Waals surface area contributed by atoms with Crippen LogP contribution in [0, 0.1) is 0 Å². The highest BCUT2D eigenvalue weighted by molar-refractivity contribution is 6.32. The molecule has 0 aromatic heterocycles. The quantitative estimate of drug-likeness (QED) is 0.853. The van der Waals surface area contributed by atoms with Crippen molar-refractivity contribution in [3.05, 3.63) is 17.2 Å². The van der Waals surface area contributed by atoms with Crippen molar-refractivity contribution in [1.29, 1.82) is 0 Å². The molecule has 0 saturated carbocycles. The molecule has 0 unspecified atom stereocenters. The predicted molar refractivity (Wildman–Crippen MR) is 50.7 cm³/mol. The van der Waals surface area contributed by atoms with Crippen molar-refractivity contribution < 1.29 is 24.1 Å². The van der Waals surface area contributed by atoms with Gasteiger partial charge in [-0.2, -0.15) is 0 Å². The normalized spacial score (nSPS) is 12.6. The smallest absolute Gasteiger partial charge is 0.341 e. The minimum Gasteiger partial charge on any atom is -0.482 e. The predicted octanol–water partition coefficient (Wildman–Crippen LogP) is 1.53. The van der Waals surface area contributed by atoms with Crippen LogP contribution in [-0.4, -0.2) is 24.5 Å². The lowest BCUT2D eigenvalue weighted by atomic mass is 10.3. The maximum absolute atomic E-state index is 10.3. The molecule has 0 spiro atoms. The SMILES string of the molecule is O=C(O)COc1cc(Cl)c2c(c1)OCO2. The summed E-state index contributed by atoms with van der Waals surface area (Å²) in [4.78, 5) is 10.3. The maximum atomic E-state index is 10.3. The number of carboxylic acid groups (broad SMARTS) is 1. The Labute approximate surface area is 90.1 Å². The minimum absolute atomic E-state index is 0.109. The number of halogens is 1. The van der Waals surface area contributed by atoms with Crippen molar-refractivity contribution in [1.82, 2.24) is 0 Å². The molecule has 1 N–H and O–H groups in total. The third kappa shape index (κ3) is 2.07. The highest BCUT2D eigenvalue weighted by Crippen LogP contribution is 2.41. The van der Waals surface area contributed by atoms with Crippen LogP contribution in [0.5, 0.6) is 17.2 Å². The summed E-state index contributed by atoms with van der Waals surface area (Å²) >= 11 is 5.86. The number of fused-ring (bicyclic) bond motifs is 1. The average molecular weight is 231 g/mol. The second-order valence-corrected chi connectivity index (χ2v) is 3.23. The molecule has 1 heterocycles. The molecule has 1 aromatic rings. The van der Waals surface area contributed by atoms with E-state index in [9.17, 15) is 4.79 Å². The molecular weight excluding hydrogens is 224 g/mol. The summed E-state index contributed by atoms with van der Waals surface area (Å²) in [6.45, 7) is -0.312. The van der Waals surface area contributed by atoms with Crippen molar-refractivity contribution in [3.8, 4) is 17.2 Å². The number of ether oxygens (including phenoxy) is 3. The molecule has 2 rings (SSSR count). The zero-order chi connectivity index (χ0) is 10.8. The van der Waals surface area contributed by atoms with Crippen molar-refractivity contribution in [2.45, 2.75) is 0 Å². The van der Waals surface area contributed by atoms with Gasteiger partial charge in [0.1, 0.15) is 5.75 Å². The van der Waals surface area contributed by atoms with Crippen molar-refractivity contribution >= 4 is 17.6 Å².